The zero-order chi connectivity index (χ0) is 19.4. The number of carbonyl (C=O) groups excluding carboxylic acids is 2. The average molecular weight is 373 g/mol. The highest BCUT2D eigenvalue weighted by molar-refractivity contribution is 5.60. The third kappa shape index (κ3) is 11.2. The van der Waals surface area contributed by atoms with Crippen LogP contribution in [0.5, 0.6) is 0 Å². The van der Waals surface area contributed by atoms with Crippen LogP contribution in [0.2, 0.25) is 0 Å². The van der Waals surface area contributed by atoms with Crippen molar-refractivity contribution >= 4 is 12.3 Å². The van der Waals surface area contributed by atoms with Gasteiger partial charge in [0.1, 0.15) is 12.2 Å². The molecule has 0 radical (unpaired) electrons. The fourth-order valence-corrected chi connectivity index (χ4v) is 2.90. The molecule has 1 fully saturated rings. The van der Waals surface area contributed by atoms with Crippen LogP contribution in [-0.2, 0) is 18.9 Å². The molecule has 0 aromatic heterocycles. The van der Waals surface area contributed by atoms with Crippen molar-refractivity contribution in [2.75, 3.05) is 13.2 Å². The maximum absolute atomic E-state index is 11.7. The summed E-state index contributed by atoms with van der Waals surface area (Å²) < 4.78 is 20.8. The monoisotopic (exact) mass is 372 g/mol. The van der Waals surface area contributed by atoms with Gasteiger partial charge in [-0.05, 0) is 63.2 Å². The Hall–Kier alpha value is -1.46. The van der Waals surface area contributed by atoms with Crippen LogP contribution < -0.4 is 0 Å². The molecule has 1 aliphatic rings. The molecule has 0 aliphatic heterocycles. The van der Waals surface area contributed by atoms with Gasteiger partial charge in [0.25, 0.3) is 0 Å². The Morgan fingerprint density at radius 2 is 1.08 bits per heavy atom. The lowest BCUT2D eigenvalue weighted by Gasteiger charge is -2.27. The van der Waals surface area contributed by atoms with Crippen LogP contribution in [-0.4, -0.2) is 37.7 Å². The molecule has 0 saturated heterocycles. The van der Waals surface area contributed by atoms with Crippen molar-refractivity contribution in [2.24, 2.45) is 11.8 Å². The van der Waals surface area contributed by atoms with Crippen molar-refractivity contribution in [2.45, 2.75) is 91.3 Å². The van der Waals surface area contributed by atoms with E-state index in [0.717, 1.165) is 25.7 Å². The second-order valence-electron chi connectivity index (χ2n) is 7.90. The highest BCUT2D eigenvalue weighted by Gasteiger charge is 2.27. The first kappa shape index (κ1) is 22.6. The summed E-state index contributed by atoms with van der Waals surface area (Å²) >= 11 is 0. The van der Waals surface area contributed by atoms with E-state index in [1.165, 1.54) is 0 Å². The molecule has 152 valence electrons. The van der Waals surface area contributed by atoms with E-state index in [0.29, 0.717) is 50.7 Å². The molecular weight excluding hydrogens is 336 g/mol. The Balaban J connectivity index is 2.08. The summed E-state index contributed by atoms with van der Waals surface area (Å²) in [6.45, 7) is 9.36. The van der Waals surface area contributed by atoms with Gasteiger partial charge in [-0.3, -0.25) is 0 Å². The maximum Gasteiger partial charge on any atom is 0.508 e. The van der Waals surface area contributed by atoms with Gasteiger partial charge in [-0.1, -0.05) is 27.7 Å². The lowest BCUT2D eigenvalue weighted by atomic mass is 9.95. The molecule has 6 nitrogen and oxygen atoms in total. The quantitative estimate of drug-likeness (QED) is 0.374. The largest absolute Gasteiger partial charge is 0.508 e. The topological polar surface area (TPSA) is 71.1 Å². The highest BCUT2D eigenvalue weighted by atomic mass is 16.7. The minimum atomic E-state index is -0.595. The van der Waals surface area contributed by atoms with Crippen molar-refractivity contribution in [1.29, 1.82) is 0 Å². The van der Waals surface area contributed by atoms with E-state index in [1.54, 1.807) is 0 Å². The molecule has 0 spiro atoms. The maximum atomic E-state index is 11.7. The number of rotatable bonds is 10. The minimum absolute atomic E-state index is 0.158. The molecule has 0 N–H and O–H groups in total. The molecule has 0 bridgehead atoms. The Kier molecular flexibility index (Phi) is 11.1. The molecule has 0 unspecified atom stereocenters. The average Bonchev–Trinajstić information content (AvgIpc) is 2.57. The van der Waals surface area contributed by atoms with Gasteiger partial charge in [0.15, 0.2) is 0 Å². The van der Waals surface area contributed by atoms with E-state index in [1.807, 2.05) is 0 Å². The molecule has 0 heterocycles. The third-order valence-electron chi connectivity index (χ3n) is 4.44. The standard InChI is InChI=1S/C20H36O6/c1-15(2)7-5-13-23-19(21)25-17-9-11-18(12-10-17)26-20(22)24-14-6-8-16(3)4/h15-18H,5-14H2,1-4H3. The third-order valence-corrected chi connectivity index (χ3v) is 4.44. The molecule has 1 rings (SSSR count). The fraction of sp³-hybridized carbons (Fsp3) is 0.900. The normalized spacial score (nSPS) is 20.1. The molecule has 6 heteroatoms. The van der Waals surface area contributed by atoms with E-state index in [9.17, 15) is 9.59 Å². The number of ether oxygens (including phenoxy) is 4. The molecule has 0 aromatic rings. The zero-order valence-corrected chi connectivity index (χ0v) is 16.8. The highest BCUT2D eigenvalue weighted by Crippen LogP contribution is 2.24. The second kappa shape index (κ2) is 12.8. The molecule has 0 atom stereocenters. The number of hydrogen-bond acceptors (Lipinski definition) is 6. The first-order valence-corrected chi connectivity index (χ1v) is 10.0. The summed E-state index contributed by atoms with van der Waals surface area (Å²) in [7, 11) is 0. The van der Waals surface area contributed by atoms with Gasteiger partial charge in [0.2, 0.25) is 0 Å². The predicted molar refractivity (Wildman–Crippen MR) is 99.1 cm³/mol. The van der Waals surface area contributed by atoms with Gasteiger partial charge >= 0.3 is 12.3 Å². The summed E-state index contributed by atoms with van der Waals surface area (Å²) in [6.07, 6.45) is 4.96. The fourth-order valence-electron chi connectivity index (χ4n) is 2.90. The Bertz CT molecular complexity index is 361. The second-order valence-corrected chi connectivity index (χ2v) is 7.90. The van der Waals surface area contributed by atoms with Crippen molar-refractivity contribution in [1.82, 2.24) is 0 Å². The Morgan fingerprint density at radius 3 is 1.38 bits per heavy atom. The van der Waals surface area contributed by atoms with Gasteiger partial charge < -0.3 is 18.9 Å². The summed E-state index contributed by atoms with van der Waals surface area (Å²) in [6, 6.07) is 0. The van der Waals surface area contributed by atoms with Crippen molar-refractivity contribution in [3.8, 4) is 0 Å². The van der Waals surface area contributed by atoms with Crippen molar-refractivity contribution < 1.29 is 28.5 Å². The lowest BCUT2D eigenvalue weighted by Crippen LogP contribution is -2.30. The van der Waals surface area contributed by atoms with Crippen molar-refractivity contribution in [3.05, 3.63) is 0 Å². The zero-order valence-electron chi connectivity index (χ0n) is 16.8. The first-order valence-electron chi connectivity index (χ1n) is 10.0. The number of carbonyl (C=O) groups is 2. The lowest BCUT2D eigenvalue weighted by molar-refractivity contribution is -0.0272. The van der Waals surface area contributed by atoms with Crippen LogP contribution in [0.4, 0.5) is 9.59 Å². The molecule has 1 aliphatic carbocycles. The first-order chi connectivity index (χ1) is 12.4. The van der Waals surface area contributed by atoms with Gasteiger partial charge in [-0.2, -0.15) is 0 Å². The molecule has 0 aromatic carbocycles. The molecule has 26 heavy (non-hydrogen) atoms. The molecular formula is C20H36O6. The van der Waals surface area contributed by atoms with Crippen LogP contribution in [0.15, 0.2) is 0 Å². The van der Waals surface area contributed by atoms with E-state index in [2.05, 4.69) is 27.7 Å². The van der Waals surface area contributed by atoms with E-state index < -0.39 is 12.3 Å². The van der Waals surface area contributed by atoms with E-state index in [-0.39, 0.29) is 12.2 Å². The molecule has 0 amide bonds. The van der Waals surface area contributed by atoms with Crippen molar-refractivity contribution in [3.63, 3.8) is 0 Å². The predicted octanol–water partition coefficient (Wildman–Crippen LogP) is 5.48. The van der Waals surface area contributed by atoms with Crippen LogP contribution in [0.1, 0.15) is 79.1 Å². The van der Waals surface area contributed by atoms with Crippen LogP contribution in [0.25, 0.3) is 0 Å². The minimum Gasteiger partial charge on any atom is -0.434 e. The van der Waals surface area contributed by atoms with E-state index in [4.69, 9.17) is 18.9 Å². The van der Waals surface area contributed by atoms with E-state index >= 15 is 0 Å². The van der Waals surface area contributed by atoms with Crippen LogP contribution in [0.3, 0.4) is 0 Å². The Labute approximate surface area is 157 Å². The number of hydrogen-bond donors (Lipinski definition) is 0. The SMILES string of the molecule is CC(C)CCCOC(=O)OC1CCC(OC(=O)OCCCC(C)C)CC1. The van der Waals surface area contributed by atoms with Crippen LogP contribution in [0, 0.1) is 11.8 Å². The summed E-state index contributed by atoms with van der Waals surface area (Å²) in [5.41, 5.74) is 0. The smallest absolute Gasteiger partial charge is 0.434 e. The summed E-state index contributed by atoms with van der Waals surface area (Å²) in [4.78, 5) is 23.3. The van der Waals surface area contributed by atoms with Crippen LogP contribution >= 0.6 is 0 Å². The Morgan fingerprint density at radius 1 is 0.731 bits per heavy atom. The van der Waals surface area contributed by atoms with Gasteiger partial charge in [0, 0.05) is 0 Å². The molecule has 1 saturated carbocycles. The van der Waals surface area contributed by atoms with Gasteiger partial charge in [-0.15, -0.1) is 0 Å². The summed E-state index contributed by atoms with van der Waals surface area (Å²) in [5.74, 6) is 1.21. The van der Waals surface area contributed by atoms with Gasteiger partial charge in [0.05, 0.1) is 13.2 Å². The summed E-state index contributed by atoms with van der Waals surface area (Å²) in [5, 5.41) is 0. The van der Waals surface area contributed by atoms with Gasteiger partial charge in [-0.25, -0.2) is 9.59 Å².